The molecule has 0 bridgehead atoms. The number of halogens is 1. The molecule has 0 fully saturated rings. The summed E-state index contributed by atoms with van der Waals surface area (Å²) in [6.07, 6.45) is 0.469. The van der Waals surface area contributed by atoms with Gasteiger partial charge in [-0.2, -0.15) is 0 Å². The van der Waals surface area contributed by atoms with Crippen molar-refractivity contribution in [2.75, 3.05) is 6.54 Å². The first-order valence-corrected chi connectivity index (χ1v) is 4.90. The summed E-state index contributed by atoms with van der Waals surface area (Å²) >= 11 is 0. The molecule has 2 N–H and O–H groups in total. The fourth-order valence-corrected chi connectivity index (χ4v) is 1.57. The summed E-state index contributed by atoms with van der Waals surface area (Å²) < 4.78 is 13.5. The first-order valence-electron chi connectivity index (χ1n) is 4.90. The molecule has 4 heteroatoms. The van der Waals surface area contributed by atoms with Crippen molar-refractivity contribution in [1.29, 1.82) is 0 Å². The van der Waals surface area contributed by atoms with Gasteiger partial charge in [0.25, 0.3) is 0 Å². The molecule has 1 aliphatic rings. The maximum Gasteiger partial charge on any atom is 0.145 e. The maximum atomic E-state index is 13.5. The van der Waals surface area contributed by atoms with Crippen molar-refractivity contribution < 1.29 is 9.23 Å². The molecule has 1 unspecified atom stereocenters. The van der Waals surface area contributed by atoms with E-state index in [9.17, 15) is 4.39 Å². The van der Waals surface area contributed by atoms with Crippen molar-refractivity contribution in [1.82, 2.24) is 0 Å². The Morgan fingerprint density at radius 2 is 2.40 bits per heavy atom. The molecule has 1 aromatic carbocycles. The van der Waals surface area contributed by atoms with Crippen LogP contribution in [0.2, 0.25) is 0 Å². The normalized spacial score (nSPS) is 19.9. The Morgan fingerprint density at radius 3 is 3.07 bits per heavy atom. The lowest BCUT2D eigenvalue weighted by Gasteiger charge is -2.04. The highest BCUT2D eigenvalue weighted by Gasteiger charge is 2.22. The Balaban J connectivity index is 2.27. The Labute approximate surface area is 87.7 Å². The lowest BCUT2D eigenvalue weighted by Crippen LogP contribution is -2.20. The molecule has 2 rings (SSSR count). The predicted molar refractivity (Wildman–Crippen MR) is 56.2 cm³/mol. The average molecular weight is 208 g/mol. The number of hydrogen-bond donors (Lipinski definition) is 1. The van der Waals surface area contributed by atoms with Gasteiger partial charge in [0, 0.05) is 18.5 Å². The number of hydrogen-bond acceptors (Lipinski definition) is 3. The summed E-state index contributed by atoms with van der Waals surface area (Å²) in [7, 11) is 0. The lowest BCUT2D eigenvalue weighted by molar-refractivity contribution is 0.0918. The second-order valence-corrected chi connectivity index (χ2v) is 3.69. The van der Waals surface area contributed by atoms with Crippen LogP contribution in [-0.4, -0.2) is 18.4 Å². The number of nitrogens with two attached hydrogens (primary N) is 1. The van der Waals surface area contributed by atoms with E-state index in [1.165, 1.54) is 6.07 Å². The summed E-state index contributed by atoms with van der Waals surface area (Å²) in [6, 6.07) is 4.95. The van der Waals surface area contributed by atoms with Gasteiger partial charge in [-0.05, 0) is 19.1 Å². The molecule has 80 valence electrons. The first-order chi connectivity index (χ1) is 7.20. The van der Waals surface area contributed by atoms with Crippen LogP contribution in [0.4, 0.5) is 4.39 Å². The van der Waals surface area contributed by atoms with Gasteiger partial charge in [-0.15, -0.1) is 0 Å². The molecule has 1 atom stereocenters. The van der Waals surface area contributed by atoms with Crippen molar-refractivity contribution in [3.05, 3.63) is 35.1 Å². The maximum absolute atomic E-state index is 13.5. The Morgan fingerprint density at radius 1 is 1.60 bits per heavy atom. The highest BCUT2D eigenvalue weighted by atomic mass is 19.1. The van der Waals surface area contributed by atoms with Crippen LogP contribution in [-0.2, 0) is 4.84 Å². The van der Waals surface area contributed by atoms with Crippen LogP contribution in [0.3, 0.4) is 0 Å². The third-order valence-electron chi connectivity index (χ3n) is 2.43. The van der Waals surface area contributed by atoms with Gasteiger partial charge in [-0.25, -0.2) is 4.39 Å². The Hall–Kier alpha value is -1.42. The summed E-state index contributed by atoms with van der Waals surface area (Å²) in [6.45, 7) is 2.32. The molecule has 0 saturated heterocycles. The minimum Gasteiger partial charge on any atom is -0.390 e. The first kappa shape index (κ1) is 10.1. The Kier molecular flexibility index (Phi) is 2.68. The summed E-state index contributed by atoms with van der Waals surface area (Å²) in [5, 5.41) is 3.86. The third kappa shape index (κ3) is 1.99. The molecule has 1 heterocycles. The SMILES string of the molecule is Cc1ccc(F)c(C2=NOC(CN)C2)c1. The molecule has 0 aromatic heterocycles. The highest BCUT2D eigenvalue weighted by Crippen LogP contribution is 2.19. The second-order valence-electron chi connectivity index (χ2n) is 3.69. The topological polar surface area (TPSA) is 47.6 Å². The van der Waals surface area contributed by atoms with E-state index >= 15 is 0 Å². The van der Waals surface area contributed by atoms with Crippen LogP contribution in [0.5, 0.6) is 0 Å². The van der Waals surface area contributed by atoms with Crippen LogP contribution < -0.4 is 5.73 Å². The van der Waals surface area contributed by atoms with E-state index in [0.29, 0.717) is 24.2 Å². The average Bonchev–Trinajstić information content (AvgIpc) is 2.70. The molecule has 0 saturated carbocycles. The molecule has 1 aliphatic heterocycles. The third-order valence-corrected chi connectivity index (χ3v) is 2.43. The smallest absolute Gasteiger partial charge is 0.145 e. The standard InChI is InChI=1S/C11H13FN2O/c1-7-2-3-10(12)9(4-7)11-5-8(6-13)15-14-11/h2-4,8H,5-6,13H2,1H3. The van der Waals surface area contributed by atoms with Crippen molar-refractivity contribution in [2.24, 2.45) is 10.9 Å². The molecule has 3 nitrogen and oxygen atoms in total. The number of benzene rings is 1. The van der Waals surface area contributed by atoms with E-state index in [1.807, 2.05) is 6.92 Å². The van der Waals surface area contributed by atoms with E-state index < -0.39 is 0 Å². The van der Waals surface area contributed by atoms with Crippen molar-refractivity contribution >= 4 is 5.71 Å². The van der Waals surface area contributed by atoms with Crippen LogP contribution in [0.1, 0.15) is 17.5 Å². The van der Waals surface area contributed by atoms with Gasteiger partial charge in [0.2, 0.25) is 0 Å². The van der Waals surface area contributed by atoms with E-state index in [2.05, 4.69) is 5.16 Å². The molecule has 0 aliphatic carbocycles. The predicted octanol–water partition coefficient (Wildman–Crippen LogP) is 1.59. The highest BCUT2D eigenvalue weighted by molar-refractivity contribution is 6.01. The lowest BCUT2D eigenvalue weighted by atomic mass is 10.0. The van der Waals surface area contributed by atoms with E-state index in [-0.39, 0.29) is 11.9 Å². The van der Waals surface area contributed by atoms with Gasteiger partial charge in [0.05, 0.1) is 5.71 Å². The summed E-state index contributed by atoms with van der Waals surface area (Å²) in [5.74, 6) is -0.263. The number of nitrogens with zero attached hydrogens (tertiary/aromatic N) is 1. The Bertz CT molecular complexity index is 404. The van der Waals surface area contributed by atoms with Gasteiger partial charge in [0.15, 0.2) is 0 Å². The quantitative estimate of drug-likeness (QED) is 0.802. The zero-order chi connectivity index (χ0) is 10.8. The van der Waals surface area contributed by atoms with Crippen molar-refractivity contribution in [3.63, 3.8) is 0 Å². The van der Waals surface area contributed by atoms with Gasteiger partial charge >= 0.3 is 0 Å². The molecule has 15 heavy (non-hydrogen) atoms. The summed E-state index contributed by atoms with van der Waals surface area (Å²) in [4.78, 5) is 5.06. The molecule has 0 radical (unpaired) electrons. The number of aryl methyl sites for hydroxylation is 1. The molecular weight excluding hydrogens is 195 g/mol. The van der Waals surface area contributed by atoms with Gasteiger partial charge in [0.1, 0.15) is 11.9 Å². The zero-order valence-electron chi connectivity index (χ0n) is 8.53. The largest absolute Gasteiger partial charge is 0.390 e. The van der Waals surface area contributed by atoms with Gasteiger partial charge in [-0.3, -0.25) is 0 Å². The second kappa shape index (κ2) is 3.98. The van der Waals surface area contributed by atoms with E-state index in [1.54, 1.807) is 12.1 Å². The minimum absolute atomic E-state index is 0.111. The van der Waals surface area contributed by atoms with Crippen molar-refractivity contribution in [2.45, 2.75) is 19.4 Å². The summed E-state index contributed by atoms with van der Waals surface area (Å²) in [5.41, 5.74) is 7.62. The monoisotopic (exact) mass is 208 g/mol. The minimum atomic E-state index is -0.263. The molecule has 0 amide bonds. The fourth-order valence-electron chi connectivity index (χ4n) is 1.57. The molecule has 0 spiro atoms. The molecule has 1 aromatic rings. The van der Waals surface area contributed by atoms with Crippen LogP contribution >= 0.6 is 0 Å². The van der Waals surface area contributed by atoms with Crippen LogP contribution in [0, 0.1) is 12.7 Å². The number of oxime groups is 1. The van der Waals surface area contributed by atoms with Gasteiger partial charge < -0.3 is 10.6 Å². The molecular formula is C11H13FN2O. The fraction of sp³-hybridized carbons (Fsp3) is 0.364. The van der Waals surface area contributed by atoms with Crippen LogP contribution in [0.25, 0.3) is 0 Å². The van der Waals surface area contributed by atoms with Crippen LogP contribution in [0.15, 0.2) is 23.4 Å². The zero-order valence-corrected chi connectivity index (χ0v) is 8.53. The van der Waals surface area contributed by atoms with Gasteiger partial charge in [-0.1, -0.05) is 16.8 Å². The van der Waals surface area contributed by atoms with Crippen molar-refractivity contribution in [3.8, 4) is 0 Å². The van der Waals surface area contributed by atoms with E-state index in [0.717, 1.165) is 5.56 Å². The van der Waals surface area contributed by atoms with E-state index in [4.69, 9.17) is 10.6 Å². The number of rotatable bonds is 2.